The van der Waals surface area contributed by atoms with Gasteiger partial charge in [0.25, 0.3) is 0 Å². The van der Waals surface area contributed by atoms with Gasteiger partial charge < -0.3 is 4.90 Å². The first-order valence-electron chi connectivity index (χ1n) is 6.92. The van der Waals surface area contributed by atoms with Crippen molar-refractivity contribution in [2.75, 3.05) is 4.90 Å². The number of para-hydroxylation sites is 1. The van der Waals surface area contributed by atoms with E-state index in [1.54, 1.807) is 0 Å². The Kier molecular flexibility index (Phi) is 5.67. The van der Waals surface area contributed by atoms with Gasteiger partial charge in [-0.1, -0.05) is 43.4 Å². The molecule has 0 aromatic heterocycles. The molecule has 100 valence electrons. The lowest BCUT2D eigenvalue weighted by Gasteiger charge is -2.35. The van der Waals surface area contributed by atoms with Crippen molar-refractivity contribution in [3.8, 4) is 0 Å². The summed E-state index contributed by atoms with van der Waals surface area (Å²) in [6, 6.07) is 12.0. The van der Waals surface area contributed by atoms with Crippen molar-refractivity contribution in [2.24, 2.45) is 0 Å². The van der Waals surface area contributed by atoms with Crippen LogP contribution in [0.4, 0.5) is 5.69 Å². The van der Waals surface area contributed by atoms with E-state index in [0.29, 0.717) is 0 Å². The molecule has 0 bridgehead atoms. The summed E-state index contributed by atoms with van der Waals surface area (Å²) >= 11 is 0. The van der Waals surface area contributed by atoms with Crippen molar-refractivity contribution in [3.63, 3.8) is 0 Å². The van der Waals surface area contributed by atoms with Gasteiger partial charge in [0.05, 0.1) is 0 Å². The van der Waals surface area contributed by atoms with Gasteiger partial charge in [0, 0.05) is 26.2 Å². The largest absolute Gasteiger partial charge is 0.343 e. The average Bonchev–Trinajstić information content (AvgIpc) is 2.28. The minimum absolute atomic E-state index is 0.118. The van der Waals surface area contributed by atoms with E-state index in [-0.39, 0.29) is 5.54 Å². The highest BCUT2D eigenvalue weighted by molar-refractivity contribution is 6.55. The second kappa shape index (κ2) is 6.79. The highest BCUT2D eigenvalue weighted by Crippen LogP contribution is 2.24. The Hall–Kier alpha value is -1.02. The Balaban J connectivity index is 2.75. The number of hydrogen-bond donors (Lipinski definition) is 0. The number of anilines is 1. The fourth-order valence-electron chi connectivity index (χ4n) is 1.90. The van der Waals surface area contributed by atoms with Gasteiger partial charge in [-0.25, -0.2) is 0 Å². The fraction of sp³-hybridized carbons (Fsp3) is 0.500. The smallest absolute Gasteiger partial charge is 0.0410 e. The van der Waals surface area contributed by atoms with E-state index in [0.717, 1.165) is 0 Å². The normalized spacial score (nSPS) is 12.3. The van der Waals surface area contributed by atoms with E-state index in [4.69, 9.17) is 0 Å². The summed E-state index contributed by atoms with van der Waals surface area (Å²) in [5, 5.41) is 0. The molecule has 18 heavy (non-hydrogen) atoms. The third-order valence-corrected chi connectivity index (χ3v) is 4.41. The van der Waals surface area contributed by atoms with Crippen LogP contribution in [0.25, 0.3) is 0 Å². The van der Waals surface area contributed by atoms with Crippen molar-refractivity contribution < 1.29 is 0 Å². The summed E-state index contributed by atoms with van der Waals surface area (Å²) in [5.74, 6) is 0. The number of nitrogens with zero attached hydrogens (tertiary/aromatic N) is 1. The molecule has 1 rings (SSSR count). The summed E-state index contributed by atoms with van der Waals surface area (Å²) in [6.45, 7) is 11.6. The van der Waals surface area contributed by atoms with Crippen LogP contribution in [0.2, 0.25) is 19.1 Å². The Morgan fingerprint density at radius 3 is 2.22 bits per heavy atom. The molecular formula is C16H27NSi. The third kappa shape index (κ3) is 5.09. The molecule has 1 nitrogen and oxygen atoms in total. The third-order valence-electron chi connectivity index (χ3n) is 2.92. The number of hydrogen-bond acceptors (Lipinski definition) is 1. The van der Waals surface area contributed by atoms with Gasteiger partial charge in [-0.15, -0.1) is 0 Å². The topological polar surface area (TPSA) is 3.24 Å². The van der Waals surface area contributed by atoms with Gasteiger partial charge in [0.15, 0.2) is 0 Å². The van der Waals surface area contributed by atoms with Crippen LogP contribution in [0.15, 0.2) is 42.6 Å². The van der Waals surface area contributed by atoms with Gasteiger partial charge in [-0.2, -0.15) is 0 Å². The van der Waals surface area contributed by atoms with Crippen LogP contribution in [0.5, 0.6) is 0 Å². The van der Waals surface area contributed by atoms with E-state index >= 15 is 0 Å². The SMILES string of the molecule is C[SiH](C)CCC=CN(c1ccccc1)C(C)(C)C. The Morgan fingerprint density at radius 2 is 1.72 bits per heavy atom. The van der Waals surface area contributed by atoms with Crippen LogP contribution in [0.3, 0.4) is 0 Å². The first-order valence-corrected chi connectivity index (χ1v) is 10.0. The first-order chi connectivity index (χ1) is 8.41. The zero-order valence-corrected chi connectivity index (χ0v) is 13.6. The minimum Gasteiger partial charge on any atom is -0.343 e. The zero-order valence-electron chi connectivity index (χ0n) is 12.5. The fourth-order valence-corrected chi connectivity index (χ4v) is 2.75. The van der Waals surface area contributed by atoms with E-state index in [1.807, 2.05) is 0 Å². The predicted molar refractivity (Wildman–Crippen MR) is 86.1 cm³/mol. The van der Waals surface area contributed by atoms with Crippen LogP contribution in [0.1, 0.15) is 27.2 Å². The maximum Gasteiger partial charge on any atom is 0.0410 e. The standard InChI is InChI=1S/C16H27NSi/c1-16(2,3)17(13-9-10-14-18(4)5)15-11-7-6-8-12-15/h6-9,11-13,18H,10,14H2,1-5H3. The minimum atomic E-state index is -0.419. The van der Waals surface area contributed by atoms with Crippen molar-refractivity contribution in [1.29, 1.82) is 0 Å². The van der Waals surface area contributed by atoms with Crippen LogP contribution in [-0.2, 0) is 0 Å². The first kappa shape index (κ1) is 15.0. The quantitative estimate of drug-likeness (QED) is 0.696. The molecule has 0 atom stereocenters. The maximum atomic E-state index is 2.41. The number of allylic oxidation sites excluding steroid dienone is 1. The molecule has 0 spiro atoms. The van der Waals surface area contributed by atoms with Crippen LogP contribution < -0.4 is 4.90 Å². The second-order valence-electron chi connectivity index (χ2n) is 6.23. The van der Waals surface area contributed by atoms with E-state index in [2.05, 4.69) is 81.4 Å². The van der Waals surface area contributed by atoms with E-state index < -0.39 is 8.80 Å². The van der Waals surface area contributed by atoms with Crippen LogP contribution in [-0.4, -0.2) is 14.3 Å². The van der Waals surface area contributed by atoms with Crippen molar-refractivity contribution in [3.05, 3.63) is 42.6 Å². The van der Waals surface area contributed by atoms with Gasteiger partial charge in [0.2, 0.25) is 0 Å². The van der Waals surface area contributed by atoms with Crippen molar-refractivity contribution in [1.82, 2.24) is 0 Å². The van der Waals surface area contributed by atoms with Crippen LogP contribution >= 0.6 is 0 Å². The lowest BCUT2D eigenvalue weighted by Crippen LogP contribution is -2.37. The Labute approximate surface area is 114 Å². The molecule has 0 N–H and O–H groups in total. The monoisotopic (exact) mass is 261 g/mol. The molecule has 0 heterocycles. The lowest BCUT2D eigenvalue weighted by atomic mass is 10.1. The maximum absolute atomic E-state index is 2.41. The predicted octanol–water partition coefficient (Wildman–Crippen LogP) is 4.68. The van der Waals surface area contributed by atoms with Gasteiger partial charge >= 0.3 is 0 Å². The highest BCUT2D eigenvalue weighted by atomic mass is 28.3. The molecule has 0 amide bonds. The Morgan fingerprint density at radius 1 is 1.11 bits per heavy atom. The highest BCUT2D eigenvalue weighted by Gasteiger charge is 2.18. The molecule has 2 heteroatoms. The molecule has 0 radical (unpaired) electrons. The summed E-state index contributed by atoms with van der Waals surface area (Å²) in [7, 11) is -0.419. The number of benzene rings is 1. The summed E-state index contributed by atoms with van der Waals surface area (Å²) in [5.41, 5.74) is 1.38. The molecule has 0 unspecified atom stereocenters. The van der Waals surface area contributed by atoms with Gasteiger partial charge in [0.1, 0.15) is 0 Å². The molecule has 0 aliphatic carbocycles. The summed E-state index contributed by atoms with van der Waals surface area (Å²) < 4.78 is 0. The molecule has 0 fully saturated rings. The lowest BCUT2D eigenvalue weighted by molar-refractivity contribution is 0.555. The zero-order chi connectivity index (χ0) is 13.6. The molecule has 0 saturated heterocycles. The molecule has 0 saturated carbocycles. The molecule has 0 aliphatic heterocycles. The van der Waals surface area contributed by atoms with E-state index in [1.165, 1.54) is 18.2 Å². The molecule has 0 aliphatic rings. The van der Waals surface area contributed by atoms with E-state index in [9.17, 15) is 0 Å². The van der Waals surface area contributed by atoms with Gasteiger partial charge in [-0.05, 0) is 39.3 Å². The average molecular weight is 261 g/mol. The van der Waals surface area contributed by atoms with Crippen molar-refractivity contribution >= 4 is 14.5 Å². The summed E-state index contributed by atoms with van der Waals surface area (Å²) in [4.78, 5) is 2.36. The second-order valence-corrected chi connectivity index (χ2v) is 9.60. The van der Waals surface area contributed by atoms with Crippen molar-refractivity contribution in [2.45, 2.75) is 51.9 Å². The van der Waals surface area contributed by atoms with Crippen LogP contribution in [0, 0.1) is 0 Å². The molecule has 1 aromatic rings. The molecule has 1 aromatic carbocycles. The van der Waals surface area contributed by atoms with Gasteiger partial charge in [-0.3, -0.25) is 0 Å². The number of rotatable bonds is 5. The Bertz CT molecular complexity index is 362. The summed E-state index contributed by atoms with van der Waals surface area (Å²) in [6.07, 6.45) is 5.79. The molecular weight excluding hydrogens is 234 g/mol.